The van der Waals surface area contributed by atoms with Crippen LogP contribution in [0.15, 0.2) is 60.2 Å². The molecule has 0 aliphatic carbocycles. The van der Waals surface area contributed by atoms with Crippen molar-refractivity contribution in [1.29, 1.82) is 0 Å². The van der Waals surface area contributed by atoms with E-state index in [1.54, 1.807) is 24.3 Å². The maximum atomic E-state index is 12.8. The largest absolute Gasteiger partial charge is 0.271 e. The number of hydroxylamine groups is 1. The van der Waals surface area contributed by atoms with Gasteiger partial charge in [0.2, 0.25) is 0 Å². The van der Waals surface area contributed by atoms with Crippen LogP contribution in [0.4, 0.5) is 0 Å². The Balaban J connectivity index is 1.69. The number of nitrogens with one attached hydrogen (secondary N) is 1. The molecule has 2 aliphatic rings. The third kappa shape index (κ3) is 2.38. The SMILES string of the molecule is O=C1C2=C(c3ccc(Cl)cc3)NO[C@@H]2C(=O)N1Cc1ccccc1. The topological polar surface area (TPSA) is 58.6 Å². The molecule has 5 nitrogen and oxygen atoms in total. The molecule has 2 amide bonds. The van der Waals surface area contributed by atoms with Gasteiger partial charge in [-0.15, -0.1) is 0 Å². The number of fused-ring (bicyclic) bond motifs is 1. The van der Waals surface area contributed by atoms with Gasteiger partial charge in [0, 0.05) is 10.6 Å². The third-order valence-electron chi connectivity index (χ3n) is 4.09. The molecule has 120 valence electrons. The molecule has 0 saturated carbocycles. The molecule has 24 heavy (non-hydrogen) atoms. The van der Waals surface area contributed by atoms with Crippen LogP contribution in [-0.4, -0.2) is 22.8 Å². The highest BCUT2D eigenvalue weighted by molar-refractivity contribution is 6.30. The van der Waals surface area contributed by atoms with E-state index in [-0.39, 0.29) is 18.4 Å². The van der Waals surface area contributed by atoms with Gasteiger partial charge in [-0.1, -0.05) is 54.1 Å². The number of benzene rings is 2. The molecule has 6 heteroatoms. The highest BCUT2D eigenvalue weighted by Gasteiger charge is 2.49. The van der Waals surface area contributed by atoms with Crippen molar-refractivity contribution in [2.75, 3.05) is 0 Å². The summed E-state index contributed by atoms with van der Waals surface area (Å²) in [6.45, 7) is 0.232. The highest BCUT2D eigenvalue weighted by atomic mass is 35.5. The monoisotopic (exact) mass is 340 g/mol. The molecule has 2 aromatic rings. The fourth-order valence-electron chi connectivity index (χ4n) is 2.89. The van der Waals surface area contributed by atoms with Crippen LogP contribution in [0.2, 0.25) is 5.02 Å². The summed E-state index contributed by atoms with van der Waals surface area (Å²) in [5.41, 5.74) is 5.21. The average Bonchev–Trinajstić information content (AvgIpc) is 3.13. The number of halogens is 1. The minimum absolute atomic E-state index is 0.232. The van der Waals surface area contributed by atoms with Crippen molar-refractivity contribution in [3.63, 3.8) is 0 Å². The Kier molecular flexibility index (Phi) is 3.59. The molecule has 0 spiro atoms. The van der Waals surface area contributed by atoms with Crippen molar-refractivity contribution in [3.05, 3.63) is 76.3 Å². The summed E-state index contributed by atoms with van der Waals surface area (Å²) in [6.07, 6.45) is -0.896. The zero-order chi connectivity index (χ0) is 16.7. The quantitative estimate of drug-likeness (QED) is 0.872. The first kappa shape index (κ1) is 14.9. The van der Waals surface area contributed by atoms with Crippen molar-refractivity contribution in [2.24, 2.45) is 0 Å². The second-order valence-corrected chi connectivity index (χ2v) is 6.05. The lowest BCUT2D eigenvalue weighted by Gasteiger charge is -2.15. The Bertz CT molecular complexity index is 846. The Morgan fingerprint density at radius 2 is 1.75 bits per heavy atom. The molecule has 1 N–H and O–H groups in total. The molecule has 1 fully saturated rings. The van der Waals surface area contributed by atoms with Crippen LogP contribution < -0.4 is 5.48 Å². The number of nitrogens with zero attached hydrogens (tertiary/aromatic N) is 1. The normalized spacial score (nSPS) is 19.7. The molecular formula is C18H13ClN2O3. The van der Waals surface area contributed by atoms with Crippen molar-refractivity contribution in [1.82, 2.24) is 10.4 Å². The zero-order valence-corrected chi connectivity index (χ0v) is 13.3. The van der Waals surface area contributed by atoms with E-state index in [0.29, 0.717) is 16.3 Å². The molecule has 2 heterocycles. The number of imide groups is 1. The third-order valence-corrected chi connectivity index (χ3v) is 4.34. The summed E-state index contributed by atoms with van der Waals surface area (Å²) >= 11 is 5.90. The minimum atomic E-state index is -0.896. The second kappa shape index (κ2) is 5.78. The van der Waals surface area contributed by atoms with Gasteiger partial charge in [-0.05, 0) is 17.7 Å². The lowest BCUT2D eigenvalue weighted by Crippen LogP contribution is -2.33. The van der Waals surface area contributed by atoms with Gasteiger partial charge in [0.15, 0.2) is 6.10 Å². The number of likely N-dealkylation sites (tertiary alicyclic amines) is 1. The van der Waals surface area contributed by atoms with E-state index >= 15 is 0 Å². The Hall–Kier alpha value is -2.63. The molecule has 1 saturated heterocycles. The van der Waals surface area contributed by atoms with Crippen LogP contribution in [0.5, 0.6) is 0 Å². The summed E-state index contributed by atoms with van der Waals surface area (Å²) in [5, 5.41) is 0.597. The maximum Gasteiger partial charge on any atom is 0.266 e. The number of carbonyl (C=O) groups is 2. The van der Waals surface area contributed by atoms with Gasteiger partial charge in [-0.3, -0.25) is 24.8 Å². The molecule has 0 radical (unpaired) electrons. The molecule has 1 atom stereocenters. The van der Waals surface area contributed by atoms with E-state index in [0.717, 1.165) is 11.1 Å². The molecule has 0 aromatic heterocycles. The predicted octanol–water partition coefficient (Wildman–Crippen LogP) is 2.52. The van der Waals surface area contributed by atoms with Gasteiger partial charge >= 0.3 is 0 Å². The van der Waals surface area contributed by atoms with E-state index in [4.69, 9.17) is 16.4 Å². The standard InChI is InChI=1S/C18H13ClN2O3/c19-13-8-6-12(7-9-13)15-14-16(24-20-15)18(23)21(17(14)22)10-11-4-2-1-3-5-11/h1-9,16,20H,10H2/t16-/m0/s1. The lowest BCUT2D eigenvalue weighted by molar-refractivity contribution is -0.144. The molecule has 2 aliphatic heterocycles. The highest BCUT2D eigenvalue weighted by Crippen LogP contribution is 2.34. The smallest absolute Gasteiger partial charge is 0.266 e. The van der Waals surface area contributed by atoms with Crippen LogP contribution in [0, 0.1) is 0 Å². The predicted molar refractivity (Wildman–Crippen MR) is 88.4 cm³/mol. The first-order chi connectivity index (χ1) is 11.6. The number of amides is 2. The van der Waals surface area contributed by atoms with Crippen LogP contribution in [-0.2, 0) is 21.0 Å². The van der Waals surface area contributed by atoms with Gasteiger partial charge in [-0.25, -0.2) is 0 Å². The van der Waals surface area contributed by atoms with Crippen LogP contribution in [0.3, 0.4) is 0 Å². The Labute approximate surface area is 143 Å². The molecular weight excluding hydrogens is 328 g/mol. The van der Waals surface area contributed by atoms with Crippen LogP contribution in [0.1, 0.15) is 11.1 Å². The number of hydrogen-bond donors (Lipinski definition) is 1. The van der Waals surface area contributed by atoms with Crippen molar-refractivity contribution >= 4 is 29.1 Å². The summed E-state index contributed by atoms with van der Waals surface area (Å²) in [5.74, 6) is -0.681. The van der Waals surface area contributed by atoms with E-state index in [9.17, 15) is 9.59 Å². The number of carbonyl (C=O) groups excluding carboxylic acids is 2. The first-order valence-corrected chi connectivity index (χ1v) is 7.84. The van der Waals surface area contributed by atoms with Crippen molar-refractivity contribution in [3.8, 4) is 0 Å². The molecule has 0 unspecified atom stereocenters. The Morgan fingerprint density at radius 1 is 1.04 bits per heavy atom. The number of rotatable bonds is 3. The van der Waals surface area contributed by atoms with Crippen LogP contribution in [0.25, 0.3) is 5.70 Å². The molecule has 4 rings (SSSR count). The maximum absolute atomic E-state index is 12.8. The minimum Gasteiger partial charge on any atom is -0.271 e. The zero-order valence-electron chi connectivity index (χ0n) is 12.5. The first-order valence-electron chi connectivity index (χ1n) is 7.46. The molecule has 2 aromatic carbocycles. The summed E-state index contributed by atoms with van der Waals surface area (Å²) in [4.78, 5) is 31.9. The van der Waals surface area contributed by atoms with Gasteiger partial charge in [0.05, 0.1) is 17.8 Å². The van der Waals surface area contributed by atoms with Crippen molar-refractivity contribution < 1.29 is 14.4 Å². The van der Waals surface area contributed by atoms with E-state index < -0.39 is 6.10 Å². The molecule has 0 bridgehead atoms. The number of hydrogen-bond acceptors (Lipinski definition) is 4. The van der Waals surface area contributed by atoms with E-state index in [1.807, 2.05) is 30.3 Å². The van der Waals surface area contributed by atoms with Crippen molar-refractivity contribution in [2.45, 2.75) is 12.6 Å². The fourth-order valence-corrected chi connectivity index (χ4v) is 3.02. The summed E-state index contributed by atoms with van der Waals surface area (Å²) in [6, 6.07) is 16.4. The van der Waals surface area contributed by atoms with Gasteiger partial charge in [-0.2, -0.15) is 0 Å². The van der Waals surface area contributed by atoms with E-state index in [1.165, 1.54) is 4.90 Å². The lowest BCUT2D eigenvalue weighted by atomic mass is 10.1. The second-order valence-electron chi connectivity index (χ2n) is 5.61. The fraction of sp³-hybridized carbons (Fsp3) is 0.111. The van der Waals surface area contributed by atoms with E-state index in [2.05, 4.69) is 5.48 Å². The summed E-state index contributed by atoms with van der Waals surface area (Å²) in [7, 11) is 0. The van der Waals surface area contributed by atoms with Crippen LogP contribution >= 0.6 is 11.6 Å². The van der Waals surface area contributed by atoms with Gasteiger partial charge in [0.25, 0.3) is 11.8 Å². The Morgan fingerprint density at radius 3 is 2.46 bits per heavy atom. The average molecular weight is 341 g/mol. The van der Waals surface area contributed by atoms with Gasteiger partial charge in [0.1, 0.15) is 0 Å². The summed E-state index contributed by atoms with van der Waals surface area (Å²) < 4.78 is 0. The van der Waals surface area contributed by atoms with Gasteiger partial charge < -0.3 is 0 Å².